The van der Waals surface area contributed by atoms with E-state index in [1.807, 2.05) is 25.1 Å². The van der Waals surface area contributed by atoms with Crippen LogP contribution in [-0.2, 0) is 6.18 Å². The van der Waals surface area contributed by atoms with Crippen LogP contribution in [0.2, 0.25) is 0 Å². The van der Waals surface area contributed by atoms with Crippen molar-refractivity contribution in [3.63, 3.8) is 0 Å². The molecule has 2 rings (SSSR count). The molecule has 0 aliphatic heterocycles. The lowest BCUT2D eigenvalue weighted by Gasteiger charge is -2.14. The summed E-state index contributed by atoms with van der Waals surface area (Å²) in [4.78, 5) is 0. The summed E-state index contributed by atoms with van der Waals surface area (Å²) in [7, 11) is 0. The van der Waals surface area contributed by atoms with E-state index in [0.29, 0.717) is 5.56 Å². The molecule has 0 fully saturated rings. The number of hydrogen-bond donors (Lipinski definition) is 0. The van der Waals surface area contributed by atoms with Gasteiger partial charge < -0.3 is 0 Å². The molecular weight excluding hydrogens is 263 g/mol. The maximum absolute atomic E-state index is 12.5. The Labute approximate surface area is 115 Å². The molecule has 2 aromatic carbocycles. The Morgan fingerprint density at radius 2 is 1.35 bits per heavy atom. The zero-order valence-corrected chi connectivity index (χ0v) is 10.8. The molecule has 0 aliphatic rings. The zero-order chi connectivity index (χ0) is 14.8. The van der Waals surface area contributed by atoms with Crippen molar-refractivity contribution in [2.45, 2.75) is 19.0 Å². The summed E-state index contributed by atoms with van der Waals surface area (Å²) < 4.78 is 37.5. The van der Waals surface area contributed by atoms with E-state index in [4.69, 9.17) is 5.26 Å². The minimum Gasteiger partial charge on any atom is -0.192 e. The van der Waals surface area contributed by atoms with Crippen LogP contribution < -0.4 is 0 Å². The highest BCUT2D eigenvalue weighted by Crippen LogP contribution is 2.31. The van der Waals surface area contributed by atoms with Gasteiger partial charge in [0.05, 0.1) is 17.2 Å². The molecule has 1 atom stereocenters. The third-order valence-electron chi connectivity index (χ3n) is 3.28. The highest BCUT2D eigenvalue weighted by atomic mass is 19.4. The summed E-state index contributed by atoms with van der Waals surface area (Å²) in [5.74, 6) is -0.0231. The highest BCUT2D eigenvalue weighted by Gasteiger charge is 2.30. The first-order chi connectivity index (χ1) is 9.41. The molecule has 0 heterocycles. The van der Waals surface area contributed by atoms with Crippen molar-refractivity contribution in [1.82, 2.24) is 0 Å². The van der Waals surface area contributed by atoms with Crippen LogP contribution in [-0.4, -0.2) is 0 Å². The number of rotatable bonds is 2. The fourth-order valence-corrected chi connectivity index (χ4v) is 2.00. The molecule has 2 aromatic rings. The molecule has 102 valence electrons. The lowest BCUT2D eigenvalue weighted by molar-refractivity contribution is -0.137. The van der Waals surface area contributed by atoms with Gasteiger partial charge in [-0.15, -0.1) is 0 Å². The van der Waals surface area contributed by atoms with E-state index >= 15 is 0 Å². The van der Waals surface area contributed by atoms with Gasteiger partial charge >= 0.3 is 6.18 Å². The van der Waals surface area contributed by atoms with E-state index in [1.54, 1.807) is 12.1 Å². The molecule has 4 heteroatoms. The van der Waals surface area contributed by atoms with E-state index in [-0.39, 0.29) is 5.92 Å². The van der Waals surface area contributed by atoms with E-state index in [2.05, 4.69) is 0 Å². The van der Waals surface area contributed by atoms with Gasteiger partial charge in [0.15, 0.2) is 0 Å². The molecule has 0 unspecified atom stereocenters. The number of nitrogens with zero attached hydrogens (tertiary/aromatic N) is 1. The molecule has 0 N–H and O–H groups in total. The average molecular weight is 275 g/mol. The van der Waals surface area contributed by atoms with Crippen molar-refractivity contribution in [2.75, 3.05) is 0 Å². The van der Waals surface area contributed by atoms with Crippen molar-refractivity contribution in [2.24, 2.45) is 0 Å². The van der Waals surface area contributed by atoms with Gasteiger partial charge in [0, 0.05) is 5.92 Å². The van der Waals surface area contributed by atoms with Crippen LogP contribution in [0.3, 0.4) is 0 Å². The minimum atomic E-state index is -4.31. The Morgan fingerprint density at radius 1 is 0.900 bits per heavy atom. The summed E-state index contributed by atoms with van der Waals surface area (Å²) in [6, 6.07) is 14.3. The first-order valence-electron chi connectivity index (χ1n) is 6.09. The smallest absolute Gasteiger partial charge is 0.192 e. The molecule has 0 aliphatic carbocycles. The highest BCUT2D eigenvalue weighted by molar-refractivity contribution is 5.38. The van der Waals surface area contributed by atoms with Gasteiger partial charge in [0.1, 0.15) is 0 Å². The van der Waals surface area contributed by atoms with Gasteiger partial charge in [0.25, 0.3) is 0 Å². The van der Waals surface area contributed by atoms with Crippen molar-refractivity contribution >= 4 is 0 Å². The molecule has 0 radical (unpaired) electrons. The van der Waals surface area contributed by atoms with Crippen LogP contribution in [0.5, 0.6) is 0 Å². The Bertz CT molecular complexity index is 619. The maximum Gasteiger partial charge on any atom is 0.416 e. The van der Waals surface area contributed by atoms with Crippen LogP contribution >= 0.6 is 0 Å². The summed E-state index contributed by atoms with van der Waals surface area (Å²) in [6.45, 7) is 1.92. The molecule has 0 aromatic heterocycles. The van der Waals surface area contributed by atoms with Crippen LogP contribution in [0.1, 0.15) is 35.1 Å². The first kappa shape index (κ1) is 14.1. The maximum atomic E-state index is 12.5. The molecule has 0 amide bonds. The second-order valence-corrected chi connectivity index (χ2v) is 4.58. The quantitative estimate of drug-likeness (QED) is 0.777. The summed E-state index contributed by atoms with van der Waals surface area (Å²) in [5.41, 5.74) is 1.69. The second-order valence-electron chi connectivity index (χ2n) is 4.58. The first-order valence-corrected chi connectivity index (χ1v) is 6.09. The second kappa shape index (κ2) is 5.38. The lowest BCUT2D eigenvalue weighted by Crippen LogP contribution is -2.05. The van der Waals surface area contributed by atoms with Gasteiger partial charge in [-0.1, -0.05) is 31.2 Å². The van der Waals surface area contributed by atoms with Gasteiger partial charge in [-0.2, -0.15) is 18.4 Å². The van der Waals surface area contributed by atoms with E-state index < -0.39 is 11.7 Å². The molecule has 1 nitrogen and oxygen atoms in total. The fraction of sp³-hybridized carbons (Fsp3) is 0.188. The van der Waals surface area contributed by atoms with E-state index in [1.165, 1.54) is 12.1 Å². The minimum absolute atomic E-state index is 0.0231. The molecule has 0 spiro atoms. The predicted molar refractivity (Wildman–Crippen MR) is 70.1 cm³/mol. The average Bonchev–Trinajstić information content (AvgIpc) is 2.46. The third kappa shape index (κ3) is 3.00. The van der Waals surface area contributed by atoms with Crippen molar-refractivity contribution in [3.8, 4) is 6.07 Å². The summed E-state index contributed by atoms with van der Waals surface area (Å²) in [6.07, 6.45) is -4.31. The van der Waals surface area contributed by atoms with Crippen LogP contribution in [0.25, 0.3) is 0 Å². The van der Waals surface area contributed by atoms with Gasteiger partial charge in [-0.25, -0.2) is 0 Å². The zero-order valence-electron chi connectivity index (χ0n) is 10.8. The number of hydrogen-bond acceptors (Lipinski definition) is 1. The standard InChI is InChI=1S/C16H12F3N/c1-11(13-4-2-12(10-20)3-5-13)14-6-8-15(9-7-14)16(17,18)19/h2-9,11H,1H3/t11-/m0/s1. The predicted octanol–water partition coefficient (Wildman–Crippen LogP) is 4.73. The summed E-state index contributed by atoms with van der Waals surface area (Å²) >= 11 is 0. The fourth-order valence-electron chi connectivity index (χ4n) is 2.00. The van der Waals surface area contributed by atoms with Gasteiger partial charge in [0.2, 0.25) is 0 Å². The van der Waals surface area contributed by atoms with Crippen LogP contribution in [0.4, 0.5) is 13.2 Å². The van der Waals surface area contributed by atoms with Crippen molar-refractivity contribution in [3.05, 3.63) is 70.8 Å². The SMILES string of the molecule is C[C@@H](c1ccc(C#N)cc1)c1ccc(C(F)(F)F)cc1. The molecular formula is C16H12F3N. The topological polar surface area (TPSA) is 23.8 Å². The molecule has 0 bridgehead atoms. The summed E-state index contributed by atoms with van der Waals surface area (Å²) in [5, 5.41) is 8.73. The van der Waals surface area contributed by atoms with Crippen molar-refractivity contribution < 1.29 is 13.2 Å². The number of halogens is 3. The van der Waals surface area contributed by atoms with Crippen molar-refractivity contribution in [1.29, 1.82) is 5.26 Å². The normalized spacial score (nSPS) is 12.8. The number of benzene rings is 2. The molecule has 20 heavy (non-hydrogen) atoms. The van der Waals surface area contributed by atoms with Gasteiger partial charge in [-0.3, -0.25) is 0 Å². The number of alkyl halides is 3. The van der Waals surface area contributed by atoms with E-state index in [9.17, 15) is 13.2 Å². The monoisotopic (exact) mass is 275 g/mol. The van der Waals surface area contributed by atoms with E-state index in [0.717, 1.165) is 23.3 Å². The Morgan fingerprint density at radius 3 is 1.75 bits per heavy atom. The molecule has 0 saturated heterocycles. The third-order valence-corrected chi connectivity index (χ3v) is 3.28. The van der Waals surface area contributed by atoms with Crippen LogP contribution in [0, 0.1) is 11.3 Å². The Kier molecular flexibility index (Phi) is 3.80. The van der Waals surface area contributed by atoms with Crippen LogP contribution in [0.15, 0.2) is 48.5 Å². The molecule has 0 saturated carbocycles. The van der Waals surface area contributed by atoms with Gasteiger partial charge in [-0.05, 0) is 35.4 Å². The Hall–Kier alpha value is -2.28. The largest absolute Gasteiger partial charge is 0.416 e. The lowest BCUT2D eigenvalue weighted by atomic mass is 9.92. The Balaban J connectivity index is 2.24. The number of nitriles is 1.